The van der Waals surface area contributed by atoms with Crippen LogP contribution in [0.5, 0.6) is 0 Å². The van der Waals surface area contributed by atoms with Gasteiger partial charge in [-0.25, -0.2) is 13.2 Å². The molecule has 9 heteroatoms. The molecular formula is C24H29F3O5S. The quantitative estimate of drug-likeness (QED) is 0.636. The third kappa shape index (κ3) is 2.68. The van der Waals surface area contributed by atoms with Crippen LogP contribution < -0.4 is 0 Å². The first-order valence-electron chi connectivity index (χ1n) is 11.3. The second kappa shape index (κ2) is 6.95. The van der Waals surface area contributed by atoms with E-state index in [0.717, 1.165) is 6.08 Å². The number of allylic oxidation sites excluding steroid dienone is 4. The molecule has 33 heavy (non-hydrogen) atoms. The first kappa shape index (κ1) is 23.6. The summed E-state index contributed by atoms with van der Waals surface area (Å²) in [7, 11) is 0. The summed E-state index contributed by atoms with van der Waals surface area (Å²) in [5, 5.41) is 10.8. The van der Waals surface area contributed by atoms with Crippen LogP contribution in [-0.2, 0) is 19.1 Å². The van der Waals surface area contributed by atoms with Crippen LogP contribution in [-0.4, -0.2) is 57.4 Å². The number of hydrogen-bond donors (Lipinski definition) is 1. The van der Waals surface area contributed by atoms with Gasteiger partial charge in [0.1, 0.15) is 12.2 Å². The predicted octanol–water partition coefficient (Wildman–Crippen LogP) is 3.99. The molecule has 0 spiro atoms. The molecule has 1 unspecified atom stereocenters. The monoisotopic (exact) mass is 486 g/mol. The number of hydrogen-bond acceptors (Lipinski definition) is 6. The fraction of sp³-hybridized carbons (Fsp3) is 0.750. The van der Waals surface area contributed by atoms with Crippen LogP contribution in [0, 0.1) is 22.7 Å². The summed E-state index contributed by atoms with van der Waals surface area (Å²) in [5.74, 6) is -3.04. The molecule has 4 aliphatic carbocycles. The van der Waals surface area contributed by atoms with Crippen molar-refractivity contribution in [1.29, 1.82) is 0 Å². The fourth-order valence-corrected chi connectivity index (χ4v) is 8.53. The number of halogens is 3. The van der Waals surface area contributed by atoms with E-state index in [4.69, 9.17) is 9.47 Å². The fourth-order valence-electron chi connectivity index (χ4n) is 7.81. The molecule has 0 aromatic heterocycles. The molecule has 1 aliphatic heterocycles. The number of carbonyl (C=O) groups excluding carboxylic acids is 2. The second-order valence-electron chi connectivity index (χ2n) is 11.0. The summed E-state index contributed by atoms with van der Waals surface area (Å²) >= 11 is 0.481. The molecule has 1 heterocycles. The highest BCUT2D eigenvalue weighted by Gasteiger charge is 2.80. The first-order chi connectivity index (χ1) is 15.3. The van der Waals surface area contributed by atoms with Gasteiger partial charge in [0.05, 0.1) is 12.2 Å². The van der Waals surface area contributed by atoms with E-state index < -0.39 is 75.0 Å². The Morgan fingerprint density at radius 3 is 2.61 bits per heavy atom. The zero-order valence-electron chi connectivity index (χ0n) is 19.1. The zero-order valence-corrected chi connectivity index (χ0v) is 19.9. The molecule has 0 amide bonds. The minimum Gasteiger partial charge on any atom is -0.390 e. The van der Waals surface area contributed by atoms with Gasteiger partial charge in [-0.2, -0.15) is 0 Å². The average molecular weight is 487 g/mol. The lowest BCUT2D eigenvalue weighted by Crippen LogP contribution is -2.70. The van der Waals surface area contributed by atoms with Crippen LogP contribution in [0.2, 0.25) is 0 Å². The molecule has 5 rings (SSSR count). The van der Waals surface area contributed by atoms with Crippen molar-refractivity contribution in [1.82, 2.24) is 0 Å². The molecule has 0 bridgehead atoms. The summed E-state index contributed by atoms with van der Waals surface area (Å²) in [6.45, 7) is 6.61. The Morgan fingerprint density at radius 2 is 1.94 bits per heavy atom. The third-order valence-electron chi connectivity index (χ3n) is 9.11. The zero-order chi connectivity index (χ0) is 24.2. The third-order valence-corrected chi connectivity index (χ3v) is 9.78. The van der Waals surface area contributed by atoms with Crippen molar-refractivity contribution in [3.8, 4) is 0 Å². The summed E-state index contributed by atoms with van der Waals surface area (Å²) in [6, 6.07) is -0.950. The smallest absolute Gasteiger partial charge is 0.226 e. The molecule has 3 saturated carbocycles. The Bertz CT molecular complexity index is 983. The predicted molar refractivity (Wildman–Crippen MR) is 115 cm³/mol. The van der Waals surface area contributed by atoms with Gasteiger partial charge in [0.2, 0.25) is 5.12 Å². The Labute approximate surface area is 195 Å². The van der Waals surface area contributed by atoms with Crippen LogP contribution in [0.1, 0.15) is 47.0 Å². The summed E-state index contributed by atoms with van der Waals surface area (Å²) < 4.78 is 58.2. The van der Waals surface area contributed by atoms with Gasteiger partial charge in [0.25, 0.3) is 0 Å². The Balaban J connectivity index is 1.65. The first-order valence-corrected chi connectivity index (χ1v) is 12.3. The topological polar surface area (TPSA) is 72.8 Å². The van der Waals surface area contributed by atoms with E-state index in [-0.39, 0.29) is 24.8 Å². The van der Waals surface area contributed by atoms with E-state index in [1.807, 2.05) is 0 Å². The van der Waals surface area contributed by atoms with Gasteiger partial charge >= 0.3 is 0 Å². The molecule has 0 aromatic carbocycles. The minimum absolute atomic E-state index is 0.0435. The molecule has 0 aromatic rings. The van der Waals surface area contributed by atoms with E-state index in [9.17, 15) is 19.1 Å². The lowest BCUT2D eigenvalue weighted by atomic mass is 9.44. The molecular weight excluding hydrogens is 457 g/mol. The number of alkyl halides is 3. The normalized spacial score (nSPS) is 51.9. The van der Waals surface area contributed by atoms with Crippen molar-refractivity contribution in [2.45, 2.75) is 82.4 Å². The van der Waals surface area contributed by atoms with Crippen molar-refractivity contribution >= 4 is 22.7 Å². The average Bonchev–Trinajstić information content (AvgIpc) is 3.13. The molecule has 9 atom stereocenters. The number of carbonyl (C=O) groups is 2. The Hall–Kier alpha value is -1.16. The Morgan fingerprint density at radius 1 is 1.24 bits per heavy atom. The van der Waals surface area contributed by atoms with Gasteiger partial charge in [-0.05, 0) is 63.7 Å². The number of thioether (sulfide) groups is 1. The lowest BCUT2D eigenvalue weighted by molar-refractivity contribution is -0.246. The highest BCUT2D eigenvalue weighted by molar-refractivity contribution is 8.13. The van der Waals surface area contributed by atoms with E-state index in [0.29, 0.717) is 11.8 Å². The minimum atomic E-state index is -2.26. The van der Waals surface area contributed by atoms with E-state index >= 15 is 8.78 Å². The summed E-state index contributed by atoms with van der Waals surface area (Å²) in [5.41, 5.74) is -6.40. The van der Waals surface area contributed by atoms with Gasteiger partial charge in [0, 0.05) is 16.7 Å². The van der Waals surface area contributed by atoms with Crippen molar-refractivity contribution in [2.24, 2.45) is 22.7 Å². The molecule has 5 nitrogen and oxygen atoms in total. The summed E-state index contributed by atoms with van der Waals surface area (Å²) in [6.07, 6.45) is -0.298. The van der Waals surface area contributed by atoms with Gasteiger partial charge in [0.15, 0.2) is 22.8 Å². The maximum Gasteiger partial charge on any atom is 0.226 e. The van der Waals surface area contributed by atoms with Gasteiger partial charge in [-0.1, -0.05) is 24.8 Å². The molecule has 1 N–H and O–H groups in total. The number of ketones is 1. The van der Waals surface area contributed by atoms with Crippen molar-refractivity contribution in [2.75, 3.05) is 6.01 Å². The van der Waals surface area contributed by atoms with Crippen LogP contribution >= 0.6 is 11.8 Å². The van der Waals surface area contributed by atoms with Gasteiger partial charge in [-0.15, -0.1) is 0 Å². The molecule has 5 aliphatic rings. The van der Waals surface area contributed by atoms with E-state index in [1.165, 1.54) is 19.1 Å². The molecule has 4 fully saturated rings. The summed E-state index contributed by atoms with van der Waals surface area (Å²) in [4.78, 5) is 25.3. The SMILES string of the molecule is CC1(C)O[C@@H]2C[C@H]3[C@@H]4C[C@H](F)C5=CC(=O)C=C[C@]5(C)[C@@]4(F)[C@@H](O)CC3(C)[C@]2(C(=O)SCF)O1. The number of ether oxygens (including phenoxy) is 2. The van der Waals surface area contributed by atoms with E-state index in [2.05, 4.69) is 0 Å². The molecule has 1 saturated heterocycles. The maximum atomic E-state index is 17.2. The second-order valence-corrected chi connectivity index (χ2v) is 11.9. The number of aliphatic hydroxyl groups is 1. The Kier molecular flexibility index (Phi) is 4.97. The largest absolute Gasteiger partial charge is 0.390 e. The number of aliphatic hydroxyl groups excluding tert-OH is 1. The standard InChI is InChI=1S/C24H29F3O5S/c1-20(2)31-18-9-13-14-8-16(26)15-7-12(28)5-6-21(15,3)23(14,27)17(29)10-22(13,4)24(18,32-20)19(30)33-11-25/h5-7,13-14,16-18,29H,8-11H2,1-4H3/t13-,14-,16-,17-,18+,21-,22?,23-,24-/m0/s1. The van der Waals surface area contributed by atoms with Crippen molar-refractivity contribution < 1.29 is 37.3 Å². The lowest BCUT2D eigenvalue weighted by Gasteiger charge is -2.63. The number of fused-ring (bicyclic) bond motifs is 7. The van der Waals surface area contributed by atoms with Crippen molar-refractivity contribution in [3.63, 3.8) is 0 Å². The highest BCUT2D eigenvalue weighted by Crippen LogP contribution is 2.72. The van der Waals surface area contributed by atoms with Crippen LogP contribution in [0.3, 0.4) is 0 Å². The van der Waals surface area contributed by atoms with Crippen LogP contribution in [0.25, 0.3) is 0 Å². The molecule has 0 radical (unpaired) electrons. The van der Waals surface area contributed by atoms with Crippen LogP contribution in [0.4, 0.5) is 13.2 Å². The number of rotatable bonds is 2. The van der Waals surface area contributed by atoms with Crippen LogP contribution in [0.15, 0.2) is 23.8 Å². The maximum absolute atomic E-state index is 17.2. The van der Waals surface area contributed by atoms with Gasteiger partial charge < -0.3 is 14.6 Å². The highest BCUT2D eigenvalue weighted by atomic mass is 32.2. The van der Waals surface area contributed by atoms with Crippen molar-refractivity contribution in [3.05, 3.63) is 23.8 Å². The van der Waals surface area contributed by atoms with Gasteiger partial charge in [-0.3, -0.25) is 9.59 Å². The van der Waals surface area contributed by atoms with E-state index in [1.54, 1.807) is 20.8 Å². The molecule has 182 valence electrons.